The Morgan fingerprint density at radius 3 is 2.58 bits per heavy atom. The van der Waals surface area contributed by atoms with Gasteiger partial charge in [0.2, 0.25) is 5.75 Å². The molecule has 1 aromatic carbocycles. The number of halogens is 1. The third-order valence-corrected chi connectivity index (χ3v) is 2.60. The quantitative estimate of drug-likeness (QED) is 0.487. The van der Waals surface area contributed by atoms with Crippen LogP contribution in [-0.4, -0.2) is 21.2 Å². The molecule has 2 rings (SSSR count). The van der Waals surface area contributed by atoms with E-state index in [4.69, 9.17) is 4.74 Å². The second kappa shape index (κ2) is 5.53. The fourth-order valence-corrected chi connectivity index (χ4v) is 1.61. The molecule has 96 valence electrons. The summed E-state index contributed by atoms with van der Waals surface area (Å²) in [4.78, 5) is 28.3. The van der Waals surface area contributed by atoms with Gasteiger partial charge in [-0.25, -0.2) is 9.97 Å². The van der Waals surface area contributed by atoms with E-state index in [2.05, 4.69) is 25.9 Å². The average Bonchev–Trinajstić information content (AvgIpc) is 2.41. The van der Waals surface area contributed by atoms with E-state index in [1.54, 1.807) is 6.07 Å². The molecule has 0 bridgehead atoms. The summed E-state index contributed by atoms with van der Waals surface area (Å²) >= 11 is 3.14. The van der Waals surface area contributed by atoms with Crippen LogP contribution in [0.25, 0.3) is 0 Å². The molecule has 0 fully saturated rings. The Labute approximate surface area is 115 Å². The van der Waals surface area contributed by atoms with Crippen molar-refractivity contribution in [1.82, 2.24) is 9.97 Å². The van der Waals surface area contributed by atoms with Crippen LogP contribution in [0.15, 0.2) is 35.1 Å². The average molecular weight is 324 g/mol. The Bertz CT molecular complexity index is 630. The molecule has 0 amide bonds. The minimum atomic E-state index is -0.570. The van der Waals surface area contributed by atoms with Crippen LogP contribution in [0, 0.1) is 10.1 Å². The van der Waals surface area contributed by atoms with Crippen molar-refractivity contribution in [3.8, 4) is 11.8 Å². The molecular weight excluding hydrogens is 318 g/mol. The number of aromatic nitrogens is 2. The molecule has 0 N–H and O–H groups in total. The topological polar surface area (TPSA) is 95.2 Å². The molecule has 0 aliphatic carbocycles. The van der Waals surface area contributed by atoms with Gasteiger partial charge in [-0.2, -0.15) is 0 Å². The molecule has 1 heterocycles. The first-order chi connectivity index (χ1) is 9.10. The Kier molecular flexibility index (Phi) is 3.81. The van der Waals surface area contributed by atoms with E-state index in [0.29, 0.717) is 10.8 Å². The molecule has 0 atom stereocenters. The standard InChI is InChI=1S/C11H6BrN3O4/c12-8-1-2-10(9(3-8)15(17)18)19-11-13-4-7(6-16)5-14-11/h1-6H. The lowest BCUT2D eigenvalue weighted by Gasteiger charge is -2.04. The third-order valence-electron chi connectivity index (χ3n) is 2.10. The number of benzene rings is 1. The number of hydrogen-bond acceptors (Lipinski definition) is 6. The van der Waals surface area contributed by atoms with Crippen molar-refractivity contribution in [1.29, 1.82) is 0 Å². The second-order valence-electron chi connectivity index (χ2n) is 3.39. The van der Waals surface area contributed by atoms with Gasteiger partial charge >= 0.3 is 11.7 Å². The fourth-order valence-electron chi connectivity index (χ4n) is 1.26. The molecule has 0 saturated heterocycles. The Balaban J connectivity index is 2.31. The van der Waals surface area contributed by atoms with E-state index in [1.165, 1.54) is 24.5 Å². The van der Waals surface area contributed by atoms with Gasteiger partial charge in [-0.3, -0.25) is 14.9 Å². The van der Waals surface area contributed by atoms with Crippen molar-refractivity contribution in [3.63, 3.8) is 0 Å². The van der Waals surface area contributed by atoms with Gasteiger partial charge in [-0.15, -0.1) is 0 Å². The summed E-state index contributed by atoms with van der Waals surface area (Å²) in [6, 6.07) is 4.27. The van der Waals surface area contributed by atoms with Crippen molar-refractivity contribution in [2.24, 2.45) is 0 Å². The normalized spacial score (nSPS) is 9.95. The van der Waals surface area contributed by atoms with Crippen LogP contribution in [0.2, 0.25) is 0 Å². The van der Waals surface area contributed by atoms with Crippen LogP contribution in [0.3, 0.4) is 0 Å². The first-order valence-electron chi connectivity index (χ1n) is 4.99. The Hall–Kier alpha value is -2.35. The van der Waals surface area contributed by atoms with E-state index in [0.717, 1.165) is 0 Å². The molecule has 0 aliphatic rings. The number of rotatable bonds is 4. The van der Waals surface area contributed by atoms with Crippen LogP contribution < -0.4 is 4.74 Å². The molecular formula is C11H6BrN3O4. The van der Waals surface area contributed by atoms with Gasteiger partial charge in [0.1, 0.15) is 0 Å². The van der Waals surface area contributed by atoms with Gasteiger partial charge in [-0.1, -0.05) is 15.9 Å². The van der Waals surface area contributed by atoms with E-state index in [9.17, 15) is 14.9 Å². The van der Waals surface area contributed by atoms with Gasteiger partial charge in [0.25, 0.3) is 0 Å². The smallest absolute Gasteiger partial charge is 0.322 e. The molecule has 0 unspecified atom stereocenters. The number of nitrogens with zero attached hydrogens (tertiary/aromatic N) is 3. The Morgan fingerprint density at radius 1 is 1.32 bits per heavy atom. The molecule has 0 saturated carbocycles. The second-order valence-corrected chi connectivity index (χ2v) is 4.30. The highest BCUT2D eigenvalue weighted by Crippen LogP contribution is 2.32. The molecule has 7 nitrogen and oxygen atoms in total. The van der Waals surface area contributed by atoms with Crippen LogP contribution >= 0.6 is 15.9 Å². The van der Waals surface area contributed by atoms with Gasteiger partial charge in [0.15, 0.2) is 6.29 Å². The van der Waals surface area contributed by atoms with Gasteiger partial charge < -0.3 is 4.74 Å². The minimum absolute atomic E-state index is 0.0204. The maximum absolute atomic E-state index is 10.9. The van der Waals surface area contributed by atoms with Crippen LogP contribution in [0.4, 0.5) is 5.69 Å². The summed E-state index contributed by atoms with van der Waals surface area (Å²) < 4.78 is 5.78. The van der Waals surface area contributed by atoms with Crippen LogP contribution in [-0.2, 0) is 0 Å². The lowest BCUT2D eigenvalue weighted by Crippen LogP contribution is -1.97. The summed E-state index contributed by atoms with van der Waals surface area (Å²) in [6.45, 7) is 0. The first kappa shape index (κ1) is 13.1. The van der Waals surface area contributed by atoms with Crippen molar-refractivity contribution < 1.29 is 14.5 Å². The summed E-state index contributed by atoms with van der Waals surface area (Å²) in [5.41, 5.74) is 0.0788. The van der Waals surface area contributed by atoms with E-state index in [-0.39, 0.29) is 23.0 Å². The molecule has 2 aromatic rings. The number of nitro benzene ring substituents is 1. The van der Waals surface area contributed by atoms with Gasteiger partial charge in [0.05, 0.1) is 10.5 Å². The zero-order valence-electron chi connectivity index (χ0n) is 9.32. The number of hydrogen-bond donors (Lipinski definition) is 0. The van der Waals surface area contributed by atoms with Crippen molar-refractivity contribution >= 4 is 27.9 Å². The van der Waals surface area contributed by atoms with Gasteiger partial charge in [-0.05, 0) is 12.1 Å². The SMILES string of the molecule is O=Cc1cnc(Oc2ccc(Br)cc2[N+](=O)[O-])nc1. The number of carbonyl (C=O) groups excluding carboxylic acids is 1. The minimum Gasteiger partial charge on any atom is -0.417 e. The van der Waals surface area contributed by atoms with Crippen molar-refractivity contribution in [2.75, 3.05) is 0 Å². The van der Waals surface area contributed by atoms with Crippen LogP contribution in [0.1, 0.15) is 10.4 Å². The number of aldehydes is 1. The van der Waals surface area contributed by atoms with Crippen LogP contribution in [0.5, 0.6) is 11.8 Å². The highest BCUT2D eigenvalue weighted by molar-refractivity contribution is 9.10. The molecule has 8 heteroatoms. The molecule has 1 aromatic heterocycles. The summed E-state index contributed by atoms with van der Waals surface area (Å²) in [5.74, 6) is 0.0204. The predicted octanol–water partition coefficient (Wildman–Crippen LogP) is 2.75. The summed E-state index contributed by atoms with van der Waals surface area (Å²) in [5, 5.41) is 10.9. The van der Waals surface area contributed by atoms with Gasteiger partial charge in [0, 0.05) is 22.9 Å². The van der Waals surface area contributed by atoms with Crippen molar-refractivity contribution in [3.05, 3.63) is 50.7 Å². The third kappa shape index (κ3) is 3.10. The highest BCUT2D eigenvalue weighted by Gasteiger charge is 2.17. The maximum Gasteiger partial charge on any atom is 0.322 e. The molecule has 19 heavy (non-hydrogen) atoms. The van der Waals surface area contributed by atoms with E-state index < -0.39 is 4.92 Å². The maximum atomic E-state index is 10.9. The zero-order valence-corrected chi connectivity index (χ0v) is 10.9. The predicted molar refractivity (Wildman–Crippen MR) is 68.3 cm³/mol. The summed E-state index contributed by atoms with van der Waals surface area (Å²) in [7, 11) is 0. The molecule has 0 spiro atoms. The summed E-state index contributed by atoms with van der Waals surface area (Å²) in [6.07, 6.45) is 3.12. The lowest BCUT2D eigenvalue weighted by molar-refractivity contribution is -0.385. The monoisotopic (exact) mass is 323 g/mol. The van der Waals surface area contributed by atoms with Crippen molar-refractivity contribution in [2.45, 2.75) is 0 Å². The first-order valence-corrected chi connectivity index (χ1v) is 5.78. The largest absolute Gasteiger partial charge is 0.417 e. The lowest BCUT2D eigenvalue weighted by atomic mass is 10.3. The number of carbonyl (C=O) groups is 1. The highest BCUT2D eigenvalue weighted by atomic mass is 79.9. The number of nitro groups is 1. The fraction of sp³-hybridized carbons (Fsp3) is 0. The Morgan fingerprint density at radius 2 is 2.00 bits per heavy atom. The number of ether oxygens (including phenoxy) is 1. The van der Waals surface area contributed by atoms with E-state index >= 15 is 0 Å². The van der Waals surface area contributed by atoms with E-state index in [1.807, 2.05) is 0 Å². The molecule has 0 aliphatic heterocycles. The zero-order chi connectivity index (χ0) is 13.8. The molecule has 0 radical (unpaired) electrons.